The summed E-state index contributed by atoms with van der Waals surface area (Å²) < 4.78 is 0. The fourth-order valence-corrected chi connectivity index (χ4v) is 2.42. The van der Waals surface area contributed by atoms with Crippen molar-refractivity contribution in [1.29, 1.82) is 0 Å². The Morgan fingerprint density at radius 1 is 0.913 bits per heavy atom. The van der Waals surface area contributed by atoms with E-state index in [9.17, 15) is 4.79 Å². The van der Waals surface area contributed by atoms with Crippen LogP contribution in [0, 0.1) is 0 Å². The lowest BCUT2D eigenvalue weighted by molar-refractivity contribution is -0.114. The Morgan fingerprint density at radius 3 is 2.22 bits per heavy atom. The van der Waals surface area contributed by atoms with Gasteiger partial charge in [-0.25, -0.2) is 0 Å². The van der Waals surface area contributed by atoms with Crippen molar-refractivity contribution < 1.29 is 4.79 Å². The van der Waals surface area contributed by atoms with Gasteiger partial charge in [0.2, 0.25) is 0 Å². The second-order valence-corrected chi connectivity index (χ2v) is 5.95. The molecule has 0 aromatic heterocycles. The topological polar surface area (TPSA) is 20.3 Å². The third-order valence-electron chi connectivity index (χ3n) is 3.86. The lowest BCUT2D eigenvalue weighted by atomic mass is 10.1. The normalized spacial score (nSPS) is 10.9. The van der Waals surface area contributed by atoms with E-state index in [-0.39, 0.29) is 5.78 Å². The van der Waals surface area contributed by atoms with Crippen LogP contribution in [0.4, 0.5) is 5.69 Å². The van der Waals surface area contributed by atoms with Gasteiger partial charge in [-0.3, -0.25) is 4.79 Å². The van der Waals surface area contributed by atoms with Crippen molar-refractivity contribution in [2.75, 3.05) is 19.0 Å². The van der Waals surface area contributed by atoms with Crippen LogP contribution in [0.5, 0.6) is 0 Å². The van der Waals surface area contributed by atoms with Crippen LogP contribution in [0.25, 0.3) is 0 Å². The Kier molecular flexibility index (Phi) is 6.61. The van der Waals surface area contributed by atoms with Gasteiger partial charge in [-0.05, 0) is 48.6 Å². The van der Waals surface area contributed by atoms with Crippen LogP contribution in [0.15, 0.2) is 66.7 Å². The van der Waals surface area contributed by atoms with Crippen molar-refractivity contribution in [3.05, 3.63) is 77.9 Å². The second-order valence-electron chi connectivity index (χ2n) is 5.95. The summed E-state index contributed by atoms with van der Waals surface area (Å²) in [7, 11) is 4.05. The molecule has 0 aliphatic heterocycles. The molecule has 2 rings (SSSR count). The number of aryl methyl sites for hydroxylation is 2. The van der Waals surface area contributed by atoms with E-state index in [4.69, 9.17) is 0 Å². The minimum atomic E-state index is 0.203. The molecule has 0 saturated heterocycles. The molecular weight excluding hydrogens is 282 g/mol. The van der Waals surface area contributed by atoms with E-state index in [1.807, 2.05) is 38.4 Å². The molecule has 0 aliphatic carbocycles. The average Bonchev–Trinajstić information content (AvgIpc) is 2.58. The molecule has 0 aliphatic rings. The van der Waals surface area contributed by atoms with Gasteiger partial charge in [-0.2, -0.15) is 0 Å². The number of nitrogens with zero attached hydrogens (tertiary/aromatic N) is 1. The largest absolute Gasteiger partial charge is 0.378 e. The van der Waals surface area contributed by atoms with E-state index in [0.717, 1.165) is 19.3 Å². The zero-order valence-corrected chi connectivity index (χ0v) is 14.0. The molecule has 2 aromatic rings. The van der Waals surface area contributed by atoms with Gasteiger partial charge in [0.15, 0.2) is 5.78 Å². The number of carbonyl (C=O) groups excluding carboxylic acids is 1. The molecule has 0 amide bonds. The third-order valence-corrected chi connectivity index (χ3v) is 3.86. The molecule has 0 fully saturated rings. The molecule has 0 N–H and O–H groups in total. The highest BCUT2D eigenvalue weighted by atomic mass is 16.1. The highest BCUT2D eigenvalue weighted by molar-refractivity contribution is 5.89. The van der Waals surface area contributed by atoms with Crippen LogP contribution in [0.3, 0.4) is 0 Å². The molecule has 0 unspecified atom stereocenters. The quantitative estimate of drug-likeness (QED) is 0.672. The molecule has 2 nitrogen and oxygen atoms in total. The number of carbonyl (C=O) groups is 1. The number of hydrogen-bond acceptors (Lipinski definition) is 2. The third kappa shape index (κ3) is 6.11. The Morgan fingerprint density at radius 2 is 1.57 bits per heavy atom. The molecule has 2 heteroatoms. The van der Waals surface area contributed by atoms with Crippen LogP contribution in [0.1, 0.15) is 24.0 Å². The summed E-state index contributed by atoms with van der Waals surface area (Å²) in [5, 5.41) is 0. The molecule has 0 heterocycles. The SMILES string of the molecule is CN(C)c1ccc(CCC(=O)/C=C/CCc2ccccc2)cc1. The highest BCUT2D eigenvalue weighted by Gasteiger charge is 2.00. The van der Waals surface area contributed by atoms with E-state index in [1.54, 1.807) is 6.08 Å². The van der Waals surface area contributed by atoms with Gasteiger partial charge < -0.3 is 4.90 Å². The summed E-state index contributed by atoms with van der Waals surface area (Å²) >= 11 is 0. The number of anilines is 1. The number of allylic oxidation sites excluding steroid dienone is 2. The summed E-state index contributed by atoms with van der Waals surface area (Å²) in [4.78, 5) is 14.0. The smallest absolute Gasteiger partial charge is 0.155 e. The summed E-state index contributed by atoms with van der Waals surface area (Å²) in [5.41, 5.74) is 3.70. The van der Waals surface area contributed by atoms with Gasteiger partial charge in [0, 0.05) is 26.2 Å². The minimum Gasteiger partial charge on any atom is -0.378 e. The van der Waals surface area contributed by atoms with Crippen molar-refractivity contribution in [3.63, 3.8) is 0 Å². The number of benzene rings is 2. The molecule has 0 atom stereocenters. The summed E-state index contributed by atoms with van der Waals surface area (Å²) in [6.45, 7) is 0. The van der Waals surface area contributed by atoms with Crippen molar-refractivity contribution >= 4 is 11.5 Å². The molecule has 0 saturated carbocycles. The minimum absolute atomic E-state index is 0.203. The molecule has 23 heavy (non-hydrogen) atoms. The van der Waals surface area contributed by atoms with Crippen LogP contribution in [0.2, 0.25) is 0 Å². The van der Waals surface area contributed by atoms with Crippen molar-refractivity contribution in [2.24, 2.45) is 0 Å². The van der Waals surface area contributed by atoms with E-state index >= 15 is 0 Å². The number of rotatable bonds is 8. The monoisotopic (exact) mass is 307 g/mol. The van der Waals surface area contributed by atoms with Crippen LogP contribution < -0.4 is 4.90 Å². The first-order valence-corrected chi connectivity index (χ1v) is 8.15. The number of hydrogen-bond donors (Lipinski definition) is 0. The van der Waals surface area contributed by atoms with E-state index in [1.165, 1.54) is 16.8 Å². The van der Waals surface area contributed by atoms with Gasteiger partial charge in [0.25, 0.3) is 0 Å². The van der Waals surface area contributed by atoms with Crippen molar-refractivity contribution in [1.82, 2.24) is 0 Å². The standard InChI is InChI=1S/C21H25NO/c1-22(2)20-15-12-19(13-16-20)14-17-21(23)11-7-6-10-18-8-4-3-5-9-18/h3-5,7-9,11-13,15-16H,6,10,14,17H2,1-2H3/b11-7+. The lowest BCUT2D eigenvalue weighted by Gasteiger charge is -2.12. The van der Waals surface area contributed by atoms with Crippen LogP contribution in [-0.2, 0) is 17.6 Å². The molecule has 0 spiro atoms. The molecule has 0 radical (unpaired) electrons. The lowest BCUT2D eigenvalue weighted by Crippen LogP contribution is -2.08. The molecule has 120 valence electrons. The maximum atomic E-state index is 11.9. The zero-order chi connectivity index (χ0) is 16.5. The second kappa shape index (κ2) is 8.94. The van der Waals surface area contributed by atoms with Gasteiger partial charge in [-0.1, -0.05) is 48.5 Å². The van der Waals surface area contributed by atoms with E-state index in [0.29, 0.717) is 6.42 Å². The first-order valence-electron chi connectivity index (χ1n) is 8.15. The predicted molar refractivity (Wildman–Crippen MR) is 98.0 cm³/mol. The van der Waals surface area contributed by atoms with Gasteiger partial charge in [0.1, 0.15) is 0 Å². The van der Waals surface area contributed by atoms with Crippen molar-refractivity contribution in [2.45, 2.75) is 25.7 Å². The van der Waals surface area contributed by atoms with E-state index < -0.39 is 0 Å². The average molecular weight is 307 g/mol. The first kappa shape index (κ1) is 17.0. The molecule has 2 aromatic carbocycles. The molecular formula is C21H25NO. The Bertz CT molecular complexity index is 627. The fraction of sp³-hybridized carbons (Fsp3) is 0.286. The Balaban J connectivity index is 1.71. The Labute approximate surface area is 139 Å². The molecule has 0 bridgehead atoms. The summed E-state index contributed by atoms with van der Waals surface area (Å²) in [6.07, 6.45) is 6.99. The van der Waals surface area contributed by atoms with Crippen LogP contribution in [-0.4, -0.2) is 19.9 Å². The Hall–Kier alpha value is -2.35. The zero-order valence-electron chi connectivity index (χ0n) is 14.0. The van der Waals surface area contributed by atoms with Gasteiger partial charge in [0.05, 0.1) is 0 Å². The van der Waals surface area contributed by atoms with Crippen LogP contribution >= 0.6 is 0 Å². The van der Waals surface area contributed by atoms with E-state index in [2.05, 4.69) is 41.3 Å². The summed E-state index contributed by atoms with van der Waals surface area (Å²) in [5.74, 6) is 0.203. The first-order chi connectivity index (χ1) is 11.1. The summed E-state index contributed by atoms with van der Waals surface area (Å²) in [6, 6.07) is 18.7. The van der Waals surface area contributed by atoms with Gasteiger partial charge >= 0.3 is 0 Å². The highest BCUT2D eigenvalue weighted by Crippen LogP contribution is 2.13. The maximum Gasteiger partial charge on any atom is 0.155 e. The predicted octanol–water partition coefficient (Wildman–Crippen LogP) is 4.44. The number of ketones is 1. The fourth-order valence-electron chi connectivity index (χ4n) is 2.42. The van der Waals surface area contributed by atoms with Crippen molar-refractivity contribution in [3.8, 4) is 0 Å². The van der Waals surface area contributed by atoms with Gasteiger partial charge in [-0.15, -0.1) is 0 Å². The maximum absolute atomic E-state index is 11.9.